The molecular weight excluding hydrogens is 498 g/mol. The first-order valence-corrected chi connectivity index (χ1v) is 13.8. The first-order valence-electron chi connectivity index (χ1n) is 12.4. The second-order valence-electron chi connectivity index (χ2n) is 9.78. The molecule has 0 spiro atoms. The summed E-state index contributed by atoms with van der Waals surface area (Å²) in [6, 6.07) is 25.1. The number of carbonyl (C=O) groups is 1. The van der Waals surface area contributed by atoms with Gasteiger partial charge in [-0.25, -0.2) is 13.9 Å². The van der Waals surface area contributed by atoms with Gasteiger partial charge in [-0.1, -0.05) is 66.7 Å². The van der Waals surface area contributed by atoms with Gasteiger partial charge in [-0.05, 0) is 72.7 Å². The van der Waals surface area contributed by atoms with Crippen LogP contribution >= 0.6 is 0 Å². The Kier molecular flexibility index (Phi) is 8.12. The van der Waals surface area contributed by atoms with Gasteiger partial charge in [0.15, 0.2) is 4.75 Å². The Balaban J connectivity index is 1.42. The quantitative estimate of drug-likeness (QED) is 0.415. The molecule has 0 aliphatic carbocycles. The third kappa shape index (κ3) is 5.70. The molecule has 8 heteroatoms. The van der Waals surface area contributed by atoms with Crippen molar-refractivity contribution >= 4 is 21.5 Å². The third-order valence-corrected chi connectivity index (χ3v) is 9.34. The molecule has 0 saturated heterocycles. The van der Waals surface area contributed by atoms with Crippen LogP contribution in [0.4, 0.5) is 0 Å². The van der Waals surface area contributed by atoms with Gasteiger partial charge in [0.25, 0.3) is 5.91 Å². The van der Waals surface area contributed by atoms with Crippen molar-refractivity contribution in [1.82, 2.24) is 9.79 Å². The minimum Gasteiger partial charge on any atom is -0.271 e. The number of aryl methyl sites for hydroxylation is 1. The van der Waals surface area contributed by atoms with Crippen molar-refractivity contribution in [2.45, 2.75) is 38.5 Å². The van der Waals surface area contributed by atoms with Crippen LogP contribution in [0.5, 0.6) is 0 Å². The number of hydrogen-bond acceptors (Lipinski definition) is 5. The fourth-order valence-corrected chi connectivity index (χ4v) is 5.92. The lowest BCUT2D eigenvalue weighted by molar-refractivity contribution is -0.136. The largest absolute Gasteiger partial charge is 0.271 e. The third-order valence-electron chi connectivity index (χ3n) is 6.85. The van der Waals surface area contributed by atoms with E-state index in [1.54, 1.807) is 6.07 Å². The van der Waals surface area contributed by atoms with Crippen molar-refractivity contribution in [3.8, 4) is 17.2 Å². The average molecular weight is 530 g/mol. The Labute approximate surface area is 224 Å². The van der Waals surface area contributed by atoms with Crippen LogP contribution in [0.1, 0.15) is 42.5 Å². The van der Waals surface area contributed by atoms with Crippen molar-refractivity contribution in [3.05, 3.63) is 101 Å². The van der Waals surface area contributed by atoms with Gasteiger partial charge >= 0.3 is 0 Å². The Morgan fingerprint density at radius 1 is 1.05 bits per heavy atom. The van der Waals surface area contributed by atoms with E-state index in [2.05, 4.69) is 17.6 Å². The molecule has 1 aliphatic heterocycles. The van der Waals surface area contributed by atoms with Crippen molar-refractivity contribution in [1.29, 1.82) is 5.26 Å². The molecule has 0 bridgehead atoms. The van der Waals surface area contributed by atoms with Crippen molar-refractivity contribution in [2.24, 2.45) is 0 Å². The van der Waals surface area contributed by atoms with Crippen LogP contribution < -0.4 is 5.48 Å². The Bertz CT molecular complexity index is 1510. The first kappa shape index (κ1) is 27.3. The lowest BCUT2D eigenvalue weighted by Crippen LogP contribution is -2.54. The second-order valence-corrected chi connectivity index (χ2v) is 12.3. The minimum absolute atomic E-state index is 0.139. The maximum absolute atomic E-state index is 13.4. The van der Waals surface area contributed by atoms with Crippen molar-refractivity contribution in [3.63, 3.8) is 0 Å². The van der Waals surface area contributed by atoms with E-state index < -0.39 is 20.7 Å². The second kappa shape index (κ2) is 11.3. The maximum Gasteiger partial charge on any atom is 0.265 e. The van der Waals surface area contributed by atoms with Crippen LogP contribution in [0.3, 0.4) is 0 Å². The molecule has 196 valence electrons. The number of nitriles is 1. The number of nitrogens with zero attached hydrogens (tertiary/aromatic N) is 2. The van der Waals surface area contributed by atoms with Crippen LogP contribution in [0.25, 0.3) is 16.7 Å². The lowest BCUT2D eigenvalue weighted by atomic mass is 9.93. The maximum atomic E-state index is 13.4. The number of nitrogens with one attached hydrogen (secondary N) is 1. The monoisotopic (exact) mass is 529 g/mol. The van der Waals surface area contributed by atoms with Crippen LogP contribution in [0.15, 0.2) is 78.9 Å². The number of carbonyl (C=O) groups excluding carboxylic acids is 1. The molecular formula is C30H31N3O4S. The van der Waals surface area contributed by atoms with E-state index in [-0.39, 0.29) is 19.7 Å². The van der Waals surface area contributed by atoms with Gasteiger partial charge in [0.05, 0.1) is 18.2 Å². The summed E-state index contributed by atoms with van der Waals surface area (Å²) in [5, 5.41) is 9.20. The molecule has 1 aliphatic rings. The average Bonchev–Trinajstić information content (AvgIpc) is 2.93. The lowest BCUT2D eigenvalue weighted by Gasteiger charge is -2.33. The zero-order chi connectivity index (χ0) is 27.3. The number of amides is 1. The molecule has 0 fully saturated rings. The Morgan fingerprint density at radius 2 is 1.82 bits per heavy atom. The molecule has 3 aromatic rings. The summed E-state index contributed by atoms with van der Waals surface area (Å²) < 4.78 is 26.4. The number of hydroxylamine groups is 1. The highest BCUT2D eigenvalue weighted by atomic mass is 32.2. The van der Waals surface area contributed by atoms with E-state index in [0.717, 1.165) is 33.4 Å². The van der Waals surface area contributed by atoms with Crippen LogP contribution in [-0.2, 0) is 26.3 Å². The smallest absolute Gasteiger partial charge is 0.265 e. The number of sulfonamides is 1. The molecule has 0 unspecified atom stereocenters. The van der Waals surface area contributed by atoms with E-state index in [0.29, 0.717) is 12.0 Å². The van der Waals surface area contributed by atoms with Gasteiger partial charge in [0, 0.05) is 13.1 Å². The normalized spacial score (nSPS) is 14.4. The number of rotatable bonds is 8. The summed E-state index contributed by atoms with van der Waals surface area (Å²) in [5.74, 6) is -0.713. The van der Waals surface area contributed by atoms with Gasteiger partial charge in [-0.15, -0.1) is 0 Å². The number of hydrogen-bond donors (Lipinski definition) is 1. The van der Waals surface area contributed by atoms with Gasteiger partial charge < -0.3 is 0 Å². The fraction of sp³-hybridized carbons (Fsp3) is 0.267. The van der Waals surface area contributed by atoms with E-state index in [4.69, 9.17) is 4.84 Å². The van der Waals surface area contributed by atoms with Crippen LogP contribution in [0, 0.1) is 18.3 Å². The van der Waals surface area contributed by atoms with Crippen molar-refractivity contribution in [2.75, 3.05) is 13.1 Å². The predicted octanol–water partition coefficient (Wildman–Crippen LogP) is 4.98. The Morgan fingerprint density at radius 3 is 2.47 bits per heavy atom. The fourth-order valence-electron chi connectivity index (χ4n) is 4.40. The SMILES string of the molecule is Cc1cc(C2=CCN(S(=O)(=O)C(C)(C)C(=O)NOCc3ccccc3)CC2)ccc1-c1cccc(C#N)c1. The van der Waals surface area contributed by atoms with E-state index >= 15 is 0 Å². The predicted molar refractivity (Wildman–Crippen MR) is 148 cm³/mol. The minimum atomic E-state index is -3.95. The van der Waals surface area contributed by atoms with Crippen molar-refractivity contribution < 1.29 is 18.0 Å². The molecule has 0 atom stereocenters. The van der Waals surface area contributed by atoms with Crippen LogP contribution in [0.2, 0.25) is 0 Å². The zero-order valence-electron chi connectivity index (χ0n) is 21.8. The summed E-state index contributed by atoms with van der Waals surface area (Å²) in [7, 11) is -3.95. The van der Waals surface area contributed by atoms with Gasteiger partial charge in [0.1, 0.15) is 0 Å². The molecule has 1 amide bonds. The topological polar surface area (TPSA) is 99.5 Å². The zero-order valence-corrected chi connectivity index (χ0v) is 22.6. The molecule has 7 nitrogen and oxygen atoms in total. The molecule has 0 saturated carbocycles. The molecule has 1 N–H and O–H groups in total. The van der Waals surface area contributed by atoms with Gasteiger partial charge in [-0.3, -0.25) is 9.63 Å². The highest BCUT2D eigenvalue weighted by Crippen LogP contribution is 2.31. The molecule has 0 radical (unpaired) electrons. The van der Waals surface area contributed by atoms with Gasteiger partial charge in [0.2, 0.25) is 10.0 Å². The summed E-state index contributed by atoms with van der Waals surface area (Å²) in [5.41, 5.74) is 8.98. The van der Waals surface area contributed by atoms with Crippen LogP contribution in [-0.4, -0.2) is 36.5 Å². The molecule has 3 aromatic carbocycles. The summed E-state index contributed by atoms with van der Waals surface area (Å²) in [6.45, 7) is 5.42. The molecule has 0 aromatic heterocycles. The van der Waals surface area contributed by atoms with E-state index in [1.165, 1.54) is 18.2 Å². The Hall–Kier alpha value is -3.77. The molecule has 4 rings (SSSR count). The summed E-state index contributed by atoms with van der Waals surface area (Å²) in [6.07, 6.45) is 2.44. The first-order chi connectivity index (χ1) is 18.1. The summed E-state index contributed by atoms with van der Waals surface area (Å²) in [4.78, 5) is 18.1. The highest BCUT2D eigenvalue weighted by Gasteiger charge is 2.46. The van der Waals surface area contributed by atoms with E-state index in [9.17, 15) is 18.5 Å². The highest BCUT2D eigenvalue weighted by molar-refractivity contribution is 7.91. The van der Waals surface area contributed by atoms with E-state index in [1.807, 2.05) is 73.7 Å². The summed E-state index contributed by atoms with van der Waals surface area (Å²) >= 11 is 0. The van der Waals surface area contributed by atoms with Gasteiger partial charge in [-0.2, -0.15) is 9.57 Å². The number of benzene rings is 3. The standard InChI is InChI=1S/C30H31N3O4S/c1-22-18-26(12-13-28(22)27-11-7-10-24(19-27)20-31)25-14-16-33(17-15-25)38(35,36)30(2,3)29(34)32-37-21-23-8-5-4-6-9-23/h4-14,18-19H,15-17,21H2,1-3H3,(H,32,34). The molecule has 38 heavy (non-hydrogen) atoms. The molecule has 1 heterocycles.